The van der Waals surface area contributed by atoms with Crippen LogP contribution in [0.4, 0.5) is 0 Å². The van der Waals surface area contributed by atoms with Crippen LogP contribution in [0.25, 0.3) is 0 Å². The molecule has 0 aromatic carbocycles. The predicted molar refractivity (Wildman–Crippen MR) is 41.9 cm³/mol. The predicted octanol–water partition coefficient (Wildman–Crippen LogP) is -2.69. The fourth-order valence-corrected chi connectivity index (χ4v) is 0.964. The fraction of sp³-hybridized carbons (Fsp3) is 1.00. The highest BCUT2D eigenvalue weighted by atomic mass is 28.4. The van der Waals surface area contributed by atoms with Crippen LogP contribution >= 0.6 is 0 Å². The maximum Gasteiger partial charge on any atom is 0.387 e. The zero-order valence-electron chi connectivity index (χ0n) is 5.83. The van der Waals surface area contributed by atoms with Crippen LogP contribution in [0.3, 0.4) is 0 Å². The van der Waals surface area contributed by atoms with Gasteiger partial charge in [0.25, 0.3) is 8.56 Å². The summed E-state index contributed by atoms with van der Waals surface area (Å²) in [7, 11) is -1.07. The lowest BCUT2D eigenvalue weighted by Gasteiger charge is -2.28. The van der Waals surface area contributed by atoms with E-state index in [4.69, 9.17) is 22.1 Å². The third kappa shape index (κ3) is 2.94. The van der Waals surface area contributed by atoms with Crippen LogP contribution in [0, 0.1) is 0 Å². The molecule has 5 nitrogen and oxygen atoms in total. The molecular formula is C2H14BN5Si. The summed E-state index contributed by atoms with van der Waals surface area (Å²) in [5.74, 6) is 0. The van der Waals surface area contributed by atoms with Gasteiger partial charge in [-0.15, -0.1) is 0 Å². The molecule has 0 heterocycles. The Morgan fingerprint density at radius 1 is 1.33 bits per heavy atom. The molecule has 0 rings (SSSR count). The maximum atomic E-state index is 5.56. The largest absolute Gasteiger partial charge is 0.387 e. The summed E-state index contributed by atoms with van der Waals surface area (Å²) < 4.78 is 1.60. The number of hydrogen-bond acceptors (Lipinski definition) is 5. The highest BCUT2D eigenvalue weighted by molar-refractivity contribution is 6.78. The highest BCUT2D eigenvalue weighted by Crippen LogP contribution is 1.87. The van der Waals surface area contributed by atoms with Crippen molar-refractivity contribution in [3.8, 4) is 0 Å². The van der Waals surface area contributed by atoms with Crippen LogP contribution in [0.15, 0.2) is 0 Å². The van der Waals surface area contributed by atoms with E-state index in [1.165, 1.54) is 0 Å². The van der Waals surface area contributed by atoms with Gasteiger partial charge < -0.3 is 26.6 Å². The molecule has 0 aromatic heterocycles. The monoisotopic (exact) mass is 147 g/mol. The zero-order chi connectivity index (χ0) is 7.65. The molecule has 9 heavy (non-hydrogen) atoms. The van der Waals surface area contributed by atoms with Crippen LogP contribution in [0.1, 0.15) is 0 Å². The molecule has 0 saturated carbocycles. The van der Waals surface area contributed by atoms with Crippen molar-refractivity contribution in [3.05, 3.63) is 0 Å². The SMILES string of the molecule is CN(B(N)N)[Si](C)(N)N. The molecule has 0 aliphatic rings. The third-order valence-electron chi connectivity index (χ3n) is 1.21. The lowest BCUT2D eigenvalue weighted by atomic mass is 10.0. The molecule has 0 radical (unpaired) electrons. The molecule has 0 atom stereocenters. The Bertz CT molecular complexity index is 89.4. The van der Waals surface area contributed by atoms with Gasteiger partial charge in [0.15, 0.2) is 0 Å². The molecule has 0 spiro atoms. The smallest absolute Gasteiger partial charge is 0.342 e. The molecule has 0 bridgehead atoms. The normalized spacial score (nSPS) is 12.3. The molecule has 54 valence electrons. The first kappa shape index (κ1) is 9.08. The van der Waals surface area contributed by atoms with Gasteiger partial charge in [-0.2, -0.15) is 0 Å². The van der Waals surface area contributed by atoms with E-state index in [1.54, 1.807) is 18.1 Å². The molecule has 0 aliphatic carbocycles. The van der Waals surface area contributed by atoms with Gasteiger partial charge in [0.2, 0.25) is 0 Å². The number of hydrogen-bond donors (Lipinski definition) is 4. The summed E-state index contributed by atoms with van der Waals surface area (Å²) in [6.45, 7) is 1.76. The van der Waals surface area contributed by atoms with Crippen molar-refractivity contribution in [2.75, 3.05) is 7.05 Å². The number of nitrogens with two attached hydrogens (primary N) is 4. The Kier molecular flexibility index (Phi) is 2.80. The van der Waals surface area contributed by atoms with E-state index >= 15 is 0 Å². The zero-order valence-corrected chi connectivity index (χ0v) is 6.83. The highest BCUT2D eigenvalue weighted by Gasteiger charge is 2.27. The van der Waals surface area contributed by atoms with Crippen molar-refractivity contribution in [2.24, 2.45) is 22.1 Å². The summed E-state index contributed by atoms with van der Waals surface area (Å²) >= 11 is 0. The van der Waals surface area contributed by atoms with Gasteiger partial charge in [-0.1, -0.05) is 0 Å². The average Bonchev–Trinajstić information content (AvgIpc) is 1.62. The van der Waals surface area contributed by atoms with Gasteiger partial charge >= 0.3 is 7.12 Å². The first-order valence-electron chi connectivity index (χ1n) is 2.67. The molecular weight excluding hydrogens is 133 g/mol. The van der Waals surface area contributed by atoms with Gasteiger partial charge in [-0.3, -0.25) is 0 Å². The Morgan fingerprint density at radius 3 is 1.67 bits per heavy atom. The fourth-order valence-electron chi connectivity index (χ4n) is 0.321. The van der Waals surface area contributed by atoms with Crippen molar-refractivity contribution in [3.63, 3.8) is 0 Å². The van der Waals surface area contributed by atoms with Gasteiger partial charge in [0.05, 0.1) is 0 Å². The second kappa shape index (κ2) is 2.78. The van der Waals surface area contributed by atoms with Gasteiger partial charge in [-0.05, 0) is 13.6 Å². The summed E-state index contributed by atoms with van der Waals surface area (Å²) in [5, 5.41) is 11.1. The molecule has 8 N–H and O–H groups in total. The summed E-state index contributed by atoms with van der Waals surface area (Å²) in [4.78, 5) is 0. The van der Waals surface area contributed by atoms with Crippen molar-refractivity contribution in [2.45, 2.75) is 6.55 Å². The molecule has 7 heteroatoms. The minimum absolute atomic E-state index is 0.545. The van der Waals surface area contributed by atoms with E-state index in [-0.39, 0.29) is 0 Å². The first-order chi connectivity index (χ1) is 3.85. The molecule has 0 aliphatic heterocycles. The van der Waals surface area contributed by atoms with Crippen LogP contribution in [-0.2, 0) is 0 Å². The second-order valence-electron chi connectivity index (χ2n) is 2.33. The van der Waals surface area contributed by atoms with E-state index in [2.05, 4.69) is 0 Å². The maximum absolute atomic E-state index is 5.56. The Balaban J connectivity index is 3.88. The van der Waals surface area contributed by atoms with E-state index in [9.17, 15) is 0 Å². The van der Waals surface area contributed by atoms with Gasteiger partial charge in [0.1, 0.15) is 0 Å². The van der Waals surface area contributed by atoms with E-state index in [0.717, 1.165) is 0 Å². The van der Waals surface area contributed by atoms with Gasteiger partial charge in [-0.25, -0.2) is 0 Å². The van der Waals surface area contributed by atoms with Crippen LogP contribution in [0.2, 0.25) is 6.55 Å². The van der Waals surface area contributed by atoms with Crippen LogP contribution in [0.5, 0.6) is 0 Å². The van der Waals surface area contributed by atoms with Crippen molar-refractivity contribution < 1.29 is 0 Å². The van der Waals surface area contributed by atoms with Gasteiger partial charge in [0, 0.05) is 0 Å². The third-order valence-corrected chi connectivity index (χ3v) is 3.03. The Labute approximate surface area is 56.7 Å². The van der Waals surface area contributed by atoms with Crippen molar-refractivity contribution in [1.82, 2.24) is 4.48 Å². The van der Waals surface area contributed by atoms with Crippen LogP contribution < -0.4 is 22.1 Å². The first-order valence-corrected chi connectivity index (χ1v) is 5.27. The van der Waals surface area contributed by atoms with E-state index < -0.39 is 15.7 Å². The molecule has 0 unspecified atom stereocenters. The van der Waals surface area contributed by atoms with E-state index in [1.807, 2.05) is 0 Å². The van der Waals surface area contributed by atoms with Crippen LogP contribution in [-0.4, -0.2) is 27.2 Å². The lowest BCUT2D eigenvalue weighted by Crippen LogP contribution is -2.73. The summed E-state index contributed by atoms with van der Waals surface area (Å²) in [6.07, 6.45) is 0. The average molecular weight is 147 g/mol. The number of nitrogens with zero attached hydrogens (tertiary/aromatic N) is 1. The standard InChI is InChI=1S/C2H14BN5Si/c1-8(3(4)5)9(2,6)7/h4-7H2,1-2H3. The summed E-state index contributed by atoms with van der Waals surface area (Å²) in [6, 6.07) is 0. The van der Waals surface area contributed by atoms with E-state index in [0.29, 0.717) is 0 Å². The summed E-state index contributed by atoms with van der Waals surface area (Å²) in [5.41, 5.74) is 10.6. The van der Waals surface area contributed by atoms with Crippen molar-refractivity contribution >= 4 is 15.7 Å². The Morgan fingerprint density at radius 2 is 1.67 bits per heavy atom. The molecule has 0 fully saturated rings. The number of rotatable bonds is 2. The topological polar surface area (TPSA) is 107 Å². The molecule has 0 saturated heterocycles. The second-order valence-corrected chi connectivity index (χ2v) is 5.48. The Hall–Kier alpha value is 0.0818. The molecule has 0 aromatic rings. The van der Waals surface area contributed by atoms with Crippen molar-refractivity contribution in [1.29, 1.82) is 0 Å². The molecule has 0 amide bonds. The minimum atomic E-state index is -2.24. The lowest BCUT2D eigenvalue weighted by molar-refractivity contribution is 0.753. The quantitative estimate of drug-likeness (QED) is 0.318. The minimum Gasteiger partial charge on any atom is -0.342 e.